The van der Waals surface area contributed by atoms with E-state index in [-0.39, 0.29) is 5.78 Å². The minimum absolute atomic E-state index is 0.278. The highest BCUT2D eigenvalue weighted by atomic mass is 16.1. The van der Waals surface area contributed by atoms with Gasteiger partial charge in [-0.2, -0.15) is 0 Å². The van der Waals surface area contributed by atoms with E-state index < -0.39 is 0 Å². The summed E-state index contributed by atoms with van der Waals surface area (Å²) >= 11 is 0. The van der Waals surface area contributed by atoms with Crippen LogP contribution in [0.5, 0.6) is 0 Å². The summed E-state index contributed by atoms with van der Waals surface area (Å²) in [5, 5.41) is 0. The highest BCUT2D eigenvalue weighted by Crippen LogP contribution is 2.57. The van der Waals surface area contributed by atoms with Crippen LogP contribution in [-0.2, 0) is 4.79 Å². The Kier molecular flexibility index (Phi) is 1.48. The largest absolute Gasteiger partial charge is 0.295 e. The molecule has 0 amide bonds. The molecule has 1 nitrogen and oxygen atoms in total. The van der Waals surface area contributed by atoms with E-state index in [1.54, 1.807) is 6.92 Å². The van der Waals surface area contributed by atoms with Gasteiger partial charge in [-0.15, -0.1) is 0 Å². The summed E-state index contributed by atoms with van der Waals surface area (Å²) in [5.41, 5.74) is 1.55. The second kappa shape index (κ2) is 2.21. The number of hydrogen-bond acceptors (Lipinski definition) is 1. The van der Waals surface area contributed by atoms with Gasteiger partial charge in [-0.25, -0.2) is 0 Å². The third-order valence-electron chi connectivity index (χ3n) is 3.87. The molecule has 0 saturated heterocycles. The Bertz CT molecular complexity index is 260. The highest BCUT2D eigenvalue weighted by Gasteiger charge is 2.49. The molecule has 2 atom stereocenters. The maximum atomic E-state index is 11.1. The fourth-order valence-corrected chi connectivity index (χ4v) is 2.52. The number of allylic oxidation sites excluding steroid dienone is 2. The van der Waals surface area contributed by atoms with E-state index >= 15 is 0 Å². The molecule has 3 aliphatic rings. The molecule has 12 heavy (non-hydrogen) atoms. The third-order valence-corrected chi connectivity index (χ3v) is 3.87. The number of carbonyl (C=O) groups is 1. The molecule has 1 fully saturated rings. The van der Waals surface area contributed by atoms with E-state index in [0.29, 0.717) is 11.3 Å². The average Bonchev–Trinajstić information content (AvgIpc) is 2.04. The first kappa shape index (κ1) is 8.03. The zero-order valence-corrected chi connectivity index (χ0v) is 8.05. The molecule has 3 aliphatic carbocycles. The van der Waals surface area contributed by atoms with Crippen molar-refractivity contribution in [2.24, 2.45) is 17.3 Å². The van der Waals surface area contributed by atoms with Crippen molar-refractivity contribution >= 4 is 5.78 Å². The summed E-state index contributed by atoms with van der Waals surface area (Å²) < 4.78 is 0. The fraction of sp³-hybridized carbons (Fsp3) is 0.727. The van der Waals surface area contributed by atoms with Crippen molar-refractivity contribution < 1.29 is 4.79 Å². The third kappa shape index (κ3) is 0.886. The van der Waals surface area contributed by atoms with Crippen LogP contribution in [0.15, 0.2) is 11.6 Å². The normalized spacial score (nSPS) is 36.8. The molecule has 0 aliphatic heterocycles. The Morgan fingerprint density at radius 2 is 2.25 bits per heavy atom. The van der Waals surface area contributed by atoms with E-state index in [4.69, 9.17) is 0 Å². The number of Topliss-reactive ketones (excluding diaryl/α,β-unsaturated/α-hetero) is 1. The summed E-state index contributed by atoms with van der Waals surface area (Å²) in [6.45, 7) is 6.32. The Labute approximate surface area is 73.8 Å². The lowest BCUT2D eigenvalue weighted by Crippen LogP contribution is -2.47. The summed E-state index contributed by atoms with van der Waals surface area (Å²) in [4.78, 5) is 11.1. The molecule has 2 bridgehead atoms. The molecule has 0 radical (unpaired) electrons. The van der Waals surface area contributed by atoms with Gasteiger partial charge >= 0.3 is 0 Å². The van der Waals surface area contributed by atoms with Crippen LogP contribution in [0.2, 0.25) is 0 Å². The molecule has 0 spiro atoms. The zero-order valence-electron chi connectivity index (χ0n) is 8.05. The SMILES string of the molecule is CC(=O)C1=CC2CC(C1)C2(C)C. The van der Waals surface area contributed by atoms with Crippen LogP contribution in [-0.4, -0.2) is 5.78 Å². The molecular weight excluding hydrogens is 148 g/mol. The number of ketones is 1. The van der Waals surface area contributed by atoms with Crippen LogP contribution in [0, 0.1) is 17.3 Å². The van der Waals surface area contributed by atoms with Gasteiger partial charge in [0.2, 0.25) is 0 Å². The van der Waals surface area contributed by atoms with Crippen molar-refractivity contribution in [2.75, 3.05) is 0 Å². The second-order valence-electron chi connectivity index (χ2n) is 4.81. The summed E-state index contributed by atoms with van der Waals surface area (Å²) in [7, 11) is 0. The van der Waals surface area contributed by atoms with Crippen LogP contribution in [0.25, 0.3) is 0 Å². The van der Waals surface area contributed by atoms with Gasteiger partial charge in [0, 0.05) is 0 Å². The van der Waals surface area contributed by atoms with Gasteiger partial charge in [0.15, 0.2) is 5.78 Å². The van der Waals surface area contributed by atoms with Gasteiger partial charge in [-0.1, -0.05) is 19.9 Å². The predicted molar refractivity (Wildman–Crippen MR) is 48.8 cm³/mol. The summed E-state index contributed by atoms with van der Waals surface area (Å²) in [6, 6.07) is 0. The summed E-state index contributed by atoms with van der Waals surface area (Å²) in [6.07, 6.45) is 4.55. The molecule has 0 aromatic carbocycles. The van der Waals surface area contributed by atoms with Gasteiger partial charge in [-0.3, -0.25) is 4.79 Å². The lowest BCUT2D eigenvalue weighted by atomic mass is 9.50. The minimum Gasteiger partial charge on any atom is -0.295 e. The average molecular weight is 164 g/mol. The van der Waals surface area contributed by atoms with Crippen LogP contribution in [0.4, 0.5) is 0 Å². The Morgan fingerprint density at radius 1 is 1.58 bits per heavy atom. The van der Waals surface area contributed by atoms with E-state index in [2.05, 4.69) is 19.9 Å². The molecule has 0 aromatic rings. The molecule has 66 valence electrons. The second-order valence-corrected chi connectivity index (χ2v) is 4.81. The van der Waals surface area contributed by atoms with E-state index in [1.165, 1.54) is 6.42 Å². The van der Waals surface area contributed by atoms with Gasteiger partial charge < -0.3 is 0 Å². The van der Waals surface area contributed by atoms with Gasteiger partial charge in [-0.05, 0) is 42.6 Å². The maximum Gasteiger partial charge on any atom is 0.155 e. The first-order chi connectivity index (χ1) is 5.51. The molecule has 0 aromatic heterocycles. The van der Waals surface area contributed by atoms with Crippen LogP contribution in [0.1, 0.15) is 33.6 Å². The number of carbonyl (C=O) groups excluding carboxylic acids is 1. The van der Waals surface area contributed by atoms with Crippen molar-refractivity contribution in [3.05, 3.63) is 11.6 Å². The molecule has 0 heterocycles. The number of hydrogen-bond donors (Lipinski definition) is 0. The van der Waals surface area contributed by atoms with Crippen molar-refractivity contribution in [1.29, 1.82) is 0 Å². The van der Waals surface area contributed by atoms with Crippen molar-refractivity contribution in [3.8, 4) is 0 Å². The first-order valence-corrected chi connectivity index (χ1v) is 4.73. The van der Waals surface area contributed by atoms with Gasteiger partial charge in [0.25, 0.3) is 0 Å². The van der Waals surface area contributed by atoms with Crippen LogP contribution < -0.4 is 0 Å². The minimum atomic E-state index is 0.278. The lowest BCUT2D eigenvalue weighted by molar-refractivity contribution is -0.115. The predicted octanol–water partition coefficient (Wildman–Crippen LogP) is 2.57. The molecule has 3 rings (SSSR count). The maximum absolute atomic E-state index is 11.1. The Hall–Kier alpha value is -0.590. The van der Waals surface area contributed by atoms with E-state index in [0.717, 1.165) is 17.9 Å². The lowest BCUT2D eigenvalue weighted by Gasteiger charge is -2.55. The van der Waals surface area contributed by atoms with Gasteiger partial charge in [0.1, 0.15) is 0 Å². The molecule has 0 N–H and O–H groups in total. The van der Waals surface area contributed by atoms with Crippen LogP contribution in [0.3, 0.4) is 0 Å². The fourth-order valence-electron chi connectivity index (χ4n) is 2.52. The van der Waals surface area contributed by atoms with E-state index in [9.17, 15) is 4.79 Å². The van der Waals surface area contributed by atoms with Crippen molar-refractivity contribution in [3.63, 3.8) is 0 Å². The van der Waals surface area contributed by atoms with E-state index in [1.807, 2.05) is 0 Å². The molecule has 2 unspecified atom stereocenters. The number of fused-ring (bicyclic) bond motifs is 1. The Balaban J connectivity index is 2.24. The quantitative estimate of drug-likeness (QED) is 0.582. The monoisotopic (exact) mass is 164 g/mol. The van der Waals surface area contributed by atoms with Crippen molar-refractivity contribution in [2.45, 2.75) is 33.6 Å². The van der Waals surface area contributed by atoms with Crippen molar-refractivity contribution in [1.82, 2.24) is 0 Å². The van der Waals surface area contributed by atoms with Crippen LogP contribution >= 0.6 is 0 Å². The molecular formula is C11H16O. The number of rotatable bonds is 1. The first-order valence-electron chi connectivity index (χ1n) is 4.73. The standard InChI is InChI=1S/C11H16O/c1-7(12)8-4-9-6-10(5-8)11(9,2)3/h4,9-10H,5-6H2,1-3H3. The topological polar surface area (TPSA) is 17.1 Å². The smallest absolute Gasteiger partial charge is 0.155 e. The van der Waals surface area contributed by atoms with Gasteiger partial charge in [0.05, 0.1) is 0 Å². The molecule has 1 heteroatoms. The summed E-state index contributed by atoms with van der Waals surface area (Å²) in [5.74, 6) is 1.72. The Morgan fingerprint density at radius 3 is 2.58 bits per heavy atom. The zero-order chi connectivity index (χ0) is 8.93. The molecule has 1 saturated carbocycles. The highest BCUT2D eigenvalue weighted by molar-refractivity contribution is 5.93.